The Kier molecular flexibility index (Phi) is 6.52. The van der Waals surface area contributed by atoms with Gasteiger partial charge in [-0.2, -0.15) is 0 Å². The zero-order valence-electron chi connectivity index (χ0n) is 14.1. The predicted octanol–water partition coefficient (Wildman–Crippen LogP) is 3.26. The summed E-state index contributed by atoms with van der Waals surface area (Å²) in [7, 11) is -3.45. The molecule has 0 aliphatic carbocycles. The van der Waals surface area contributed by atoms with Crippen LogP contribution in [0, 0.1) is 0 Å². The highest BCUT2D eigenvalue weighted by molar-refractivity contribution is 7.89. The third kappa shape index (κ3) is 5.05. The molecule has 1 aliphatic heterocycles. The normalized spacial score (nSPS) is 15.2. The van der Waals surface area contributed by atoms with Crippen molar-refractivity contribution in [2.75, 3.05) is 25.5 Å². The van der Waals surface area contributed by atoms with E-state index in [1.54, 1.807) is 12.1 Å². The standard InChI is InChI=1S/C18H23ClN2O2S2/c19-9-1-2-15-3-5-17(6-4-15)25(22,23)20-10-12-21-11-7-18-16(14-21)8-13-24-18/h3-6,8,13,20H,1-2,7,9-12,14H2. The largest absolute Gasteiger partial charge is 0.297 e. The van der Waals surface area contributed by atoms with Crippen LogP contribution >= 0.6 is 22.9 Å². The zero-order chi connectivity index (χ0) is 17.7. The van der Waals surface area contributed by atoms with Crippen LogP contribution in [0.1, 0.15) is 22.4 Å². The lowest BCUT2D eigenvalue weighted by molar-refractivity contribution is 0.260. The van der Waals surface area contributed by atoms with E-state index in [-0.39, 0.29) is 0 Å². The second kappa shape index (κ2) is 8.64. The number of alkyl halides is 1. The fourth-order valence-electron chi connectivity index (χ4n) is 3.03. The van der Waals surface area contributed by atoms with Gasteiger partial charge in [-0.25, -0.2) is 13.1 Å². The predicted molar refractivity (Wildman–Crippen MR) is 104 cm³/mol. The summed E-state index contributed by atoms with van der Waals surface area (Å²) in [6.07, 6.45) is 2.83. The number of sulfonamides is 1. The molecule has 1 aliphatic rings. The van der Waals surface area contributed by atoms with Gasteiger partial charge in [0.1, 0.15) is 0 Å². The summed E-state index contributed by atoms with van der Waals surface area (Å²) in [4.78, 5) is 4.08. The summed E-state index contributed by atoms with van der Waals surface area (Å²) in [6, 6.07) is 9.24. The molecule has 0 amide bonds. The van der Waals surface area contributed by atoms with E-state index >= 15 is 0 Å². The van der Waals surface area contributed by atoms with Crippen molar-refractivity contribution >= 4 is 33.0 Å². The van der Waals surface area contributed by atoms with Crippen LogP contribution in [-0.4, -0.2) is 38.8 Å². The number of nitrogens with one attached hydrogen (secondary N) is 1. The van der Waals surface area contributed by atoms with Crippen LogP contribution in [0.2, 0.25) is 0 Å². The van der Waals surface area contributed by atoms with Crippen LogP contribution in [0.15, 0.2) is 40.6 Å². The van der Waals surface area contributed by atoms with Crippen molar-refractivity contribution in [3.8, 4) is 0 Å². The van der Waals surface area contributed by atoms with E-state index in [1.807, 2.05) is 23.5 Å². The van der Waals surface area contributed by atoms with Crippen LogP contribution in [0.4, 0.5) is 0 Å². The van der Waals surface area contributed by atoms with Crippen LogP contribution in [0.5, 0.6) is 0 Å². The highest BCUT2D eigenvalue weighted by Crippen LogP contribution is 2.23. The summed E-state index contributed by atoms with van der Waals surface area (Å²) < 4.78 is 27.5. The second-order valence-corrected chi connectivity index (χ2v) is 9.38. The Morgan fingerprint density at radius 3 is 2.76 bits per heavy atom. The molecule has 1 aromatic heterocycles. The highest BCUT2D eigenvalue weighted by atomic mass is 35.5. The lowest BCUT2D eigenvalue weighted by Crippen LogP contribution is -2.37. The number of halogens is 1. The molecule has 3 rings (SSSR count). The number of aryl methyl sites for hydroxylation is 1. The molecule has 0 unspecified atom stereocenters. The molecular weight excluding hydrogens is 376 g/mol. The molecule has 0 saturated heterocycles. The van der Waals surface area contributed by atoms with E-state index in [1.165, 1.54) is 10.4 Å². The fourth-order valence-corrected chi connectivity index (χ4v) is 5.07. The second-order valence-electron chi connectivity index (χ2n) is 6.23. The minimum absolute atomic E-state index is 0.320. The van der Waals surface area contributed by atoms with Gasteiger partial charge in [0.05, 0.1) is 4.90 Å². The number of nitrogens with zero attached hydrogens (tertiary/aromatic N) is 1. The van der Waals surface area contributed by atoms with E-state index in [0.29, 0.717) is 17.3 Å². The van der Waals surface area contributed by atoms with E-state index < -0.39 is 10.0 Å². The van der Waals surface area contributed by atoms with Crippen LogP contribution in [0.25, 0.3) is 0 Å². The SMILES string of the molecule is O=S(=O)(NCCN1CCc2sccc2C1)c1ccc(CCCCl)cc1. The molecule has 1 N–H and O–H groups in total. The lowest BCUT2D eigenvalue weighted by Gasteiger charge is -2.26. The Bertz CT molecular complexity index is 788. The van der Waals surface area contributed by atoms with Crippen molar-refractivity contribution in [3.05, 3.63) is 51.7 Å². The summed E-state index contributed by atoms with van der Waals surface area (Å²) in [5, 5.41) is 2.13. The topological polar surface area (TPSA) is 49.4 Å². The van der Waals surface area contributed by atoms with Gasteiger partial charge >= 0.3 is 0 Å². The molecule has 2 aromatic rings. The smallest absolute Gasteiger partial charge is 0.240 e. The molecule has 0 bridgehead atoms. The molecule has 25 heavy (non-hydrogen) atoms. The van der Waals surface area contributed by atoms with Crippen molar-refractivity contribution < 1.29 is 8.42 Å². The summed E-state index contributed by atoms with van der Waals surface area (Å²) in [5.74, 6) is 0.616. The number of benzene rings is 1. The minimum atomic E-state index is -3.45. The minimum Gasteiger partial charge on any atom is -0.297 e. The first-order valence-electron chi connectivity index (χ1n) is 8.50. The van der Waals surface area contributed by atoms with Gasteiger partial charge in [-0.05, 0) is 54.0 Å². The molecule has 4 nitrogen and oxygen atoms in total. The number of hydrogen-bond acceptors (Lipinski definition) is 4. The zero-order valence-corrected chi connectivity index (χ0v) is 16.5. The Morgan fingerprint density at radius 2 is 2.00 bits per heavy atom. The van der Waals surface area contributed by atoms with Gasteiger partial charge < -0.3 is 0 Å². The Hall–Kier alpha value is -0.920. The first kappa shape index (κ1) is 18.9. The lowest BCUT2D eigenvalue weighted by atomic mass is 10.1. The quantitative estimate of drug-likeness (QED) is 0.694. The maximum Gasteiger partial charge on any atom is 0.240 e. The molecular formula is C18H23ClN2O2S2. The molecule has 136 valence electrons. The molecule has 0 fully saturated rings. The number of thiophene rings is 1. The first-order chi connectivity index (χ1) is 12.1. The Morgan fingerprint density at radius 1 is 1.20 bits per heavy atom. The van der Waals surface area contributed by atoms with Gasteiger partial charge in [0, 0.05) is 36.9 Å². The third-order valence-electron chi connectivity index (χ3n) is 4.44. The average molecular weight is 399 g/mol. The highest BCUT2D eigenvalue weighted by Gasteiger charge is 2.18. The van der Waals surface area contributed by atoms with Crippen molar-refractivity contribution in [1.29, 1.82) is 0 Å². The van der Waals surface area contributed by atoms with Gasteiger partial charge in [0.2, 0.25) is 10.0 Å². The van der Waals surface area contributed by atoms with Crippen molar-refractivity contribution in [1.82, 2.24) is 9.62 Å². The Labute approximate surface area is 158 Å². The van der Waals surface area contributed by atoms with Gasteiger partial charge in [0.25, 0.3) is 0 Å². The molecule has 2 heterocycles. The Balaban J connectivity index is 1.50. The average Bonchev–Trinajstić information content (AvgIpc) is 3.08. The third-order valence-corrected chi connectivity index (χ3v) is 7.21. The maximum absolute atomic E-state index is 12.4. The van der Waals surface area contributed by atoms with Gasteiger partial charge in [0.15, 0.2) is 0 Å². The number of hydrogen-bond donors (Lipinski definition) is 1. The van der Waals surface area contributed by atoms with Crippen LogP contribution in [0.3, 0.4) is 0 Å². The summed E-state index contributed by atoms with van der Waals surface area (Å²) in [6.45, 7) is 3.05. The van der Waals surface area contributed by atoms with E-state index in [2.05, 4.69) is 21.1 Å². The van der Waals surface area contributed by atoms with Crippen molar-refractivity contribution in [2.45, 2.75) is 30.7 Å². The number of fused-ring (bicyclic) bond motifs is 1. The van der Waals surface area contributed by atoms with Gasteiger partial charge in [-0.3, -0.25) is 4.90 Å². The number of rotatable bonds is 8. The van der Waals surface area contributed by atoms with E-state index in [4.69, 9.17) is 11.6 Å². The summed E-state index contributed by atoms with van der Waals surface area (Å²) in [5.41, 5.74) is 2.49. The monoisotopic (exact) mass is 398 g/mol. The van der Waals surface area contributed by atoms with E-state index in [9.17, 15) is 8.42 Å². The molecule has 0 radical (unpaired) electrons. The van der Waals surface area contributed by atoms with Crippen LogP contribution < -0.4 is 4.72 Å². The molecule has 0 atom stereocenters. The summed E-state index contributed by atoms with van der Waals surface area (Å²) >= 11 is 7.50. The maximum atomic E-state index is 12.4. The molecule has 0 saturated carbocycles. The first-order valence-corrected chi connectivity index (χ1v) is 11.4. The van der Waals surface area contributed by atoms with Crippen LogP contribution in [-0.2, 0) is 29.4 Å². The molecule has 1 aromatic carbocycles. The fraction of sp³-hybridized carbons (Fsp3) is 0.444. The van der Waals surface area contributed by atoms with Gasteiger partial charge in [-0.1, -0.05) is 12.1 Å². The van der Waals surface area contributed by atoms with E-state index in [0.717, 1.165) is 44.5 Å². The van der Waals surface area contributed by atoms with Gasteiger partial charge in [-0.15, -0.1) is 22.9 Å². The van der Waals surface area contributed by atoms with Crippen molar-refractivity contribution in [2.24, 2.45) is 0 Å². The molecule has 0 spiro atoms. The molecule has 7 heteroatoms. The van der Waals surface area contributed by atoms with Crippen molar-refractivity contribution in [3.63, 3.8) is 0 Å².